The maximum Gasteiger partial charge on any atom is 0.336 e. The first-order valence-corrected chi connectivity index (χ1v) is 7.67. The van der Waals surface area contributed by atoms with Crippen molar-refractivity contribution in [3.05, 3.63) is 65.7 Å². The van der Waals surface area contributed by atoms with Gasteiger partial charge in [-0.1, -0.05) is 30.3 Å². The van der Waals surface area contributed by atoms with Gasteiger partial charge in [0, 0.05) is 21.9 Å². The van der Waals surface area contributed by atoms with Crippen LogP contribution in [0, 0.1) is 11.3 Å². The number of rotatable bonds is 2. The number of aromatic amines is 1. The van der Waals surface area contributed by atoms with E-state index in [0.29, 0.717) is 16.6 Å². The molecule has 0 aliphatic rings. The Kier molecular flexibility index (Phi) is 3.19. The van der Waals surface area contributed by atoms with Gasteiger partial charge in [-0.15, -0.1) is 0 Å². The van der Waals surface area contributed by atoms with E-state index in [0.717, 1.165) is 27.5 Å². The molecule has 0 aliphatic heterocycles. The summed E-state index contributed by atoms with van der Waals surface area (Å²) >= 11 is 0. The molecular formula is C20H13N3O2. The third-order valence-electron chi connectivity index (χ3n) is 4.37. The molecule has 0 saturated carbocycles. The van der Waals surface area contributed by atoms with Crippen LogP contribution in [-0.2, 0) is 0 Å². The number of para-hydroxylation sites is 1. The molecular weight excluding hydrogens is 314 g/mol. The number of aromatic carboxylic acids is 1. The minimum absolute atomic E-state index is 0.248. The van der Waals surface area contributed by atoms with E-state index >= 15 is 0 Å². The van der Waals surface area contributed by atoms with E-state index in [1.807, 2.05) is 36.4 Å². The highest BCUT2D eigenvalue weighted by molar-refractivity contribution is 6.19. The zero-order chi connectivity index (χ0) is 17.6. The second kappa shape index (κ2) is 5.39. The fourth-order valence-corrected chi connectivity index (χ4v) is 3.21. The molecule has 4 N–H and O–H groups in total. The van der Waals surface area contributed by atoms with E-state index in [1.54, 1.807) is 24.3 Å². The molecule has 1 aromatic heterocycles. The molecule has 0 fully saturated rings. The van der Waals surface area contributed by atoms with E-state index in [1.165, 1.54) is 0 Å². The van der Waals surface area contributed by atoms with E-state index in [2.05, 4.69) is 4.98 Å². The molecule has 0 unspecified atom stereocenters. The summed E-state index contributed by atoms with van der Waals surface area (Å²) in [5.74, 6) is -0.972. The molecule has 3 aromatic carbocycles. The highest BCUT2D eigenvalue weighted by Crippen LogP contribution is 2.36. The number of hydrogen-bond acceptors (Lipinski definition) is 3. The number of carboxylic acids is 1. The van der Waals surface area contributed by atoms with Crippen LogP contribution in [0.5, 0.6) is 0 Å². The first-order chi connectivity index (χ1) is 12.1. The van der Waals surface area contributed by atoms with Crippen molar-refractivity contribution in [2.75, 3.05) is 5.73 Å². The highest BCUT2D eigenvalue weighted by atomic mass is 16.4. The minimum Gasteiger partial charge on any atom is -0.478 e. The summed E-state index contributed by atoms with van der Waals surface area (Å²) in [6.07, 6.45) is 0. The molecule has 0 bridgehead atoms. The topological polar surface area (TPSA) is 103 Å². The standard InChI is InChI=1S/C20H13N3O2/c21-10-12-6-5-11(9-16(12)22)13-7-8-15(20(24)25)18-14-3-1-2-4-17(14)23-19(13)18/h1-9,23H,22H2,(H,24,25). The Bertz CT molecular complexity index is 1200. The van der Waals surface area contributed by atoms with E-state index in [9.17, 15) is 9.90 Å². The van der Waals surface area contributed by atoms with Gasteiger partial charge in [-0.2, -0.15) is 5.26 Å². The maximum atomic E-state index is 11.7. The van der Waals surface area contributed by atoms with Crippen LogP contribution in [0.25, 0.3) is 32.9 Å². The average molecular weight is 327 g/mol. The fourth-order valence-electron chi connectivity index (χ4n) is 3.21. The van der Waals surface area contributed by atoms with Gasteiger partial charge in [-0.3, -0.25) is 0 Å². The van der Waals surface area contributed by atoms with Gasteiger partial charge in [0.1, 0.15) is 6.07 Å². The molecule has 0 aliphatic carbocycles. The Balaban J connectivity index is 2.10. The second-order valence-corrected chi connectivity index (χ2v) is 5.80. The Morgan fingerprint density at radius 3 is 2.64 bits per heavy atom. The number of benzene rings is 3. The molecule has 120 valence electrons. The predicted molar refractivity (Wildman–Crippen MR) is 97.3 cm³/mol. The molecule has 4 rings (SSSR count). The lowest BCUT2D eigenvalue weighted by molar-refractivity contribution is 0.0699. The first-order valence-electron chi connectivity index (χ1n) is 7.67. The zero-order valence-corrected chi connectivity index (χ0v) is 13.1. The number of carboxylic acid groups (broad SMARTS) is 1. The summed E-state index contributed by atoms with van der Waals surface area (Å²) in [5, 5.41) is 20.1. The van der Waals surface area contributed by atoms with E-state index in [-0.39, 0.29) is 5.56 Å². The van der Waals surface area contributed by atoms with Gasteiger partial charge in [-0.25, -0.2) is 4.79 Å². The third-order valence-corrected chi connectivity index (χ3v) is 4.37. The smallest absolute Gasteiger partial charge is 0.336 e. The van der Waals surface area contributed by atoms with Gasteiger partial charge < -0.3 is 15.8 Å². The molecule has 0 atom stereocenters. The Morgan fingerprint density at radius 2 is 1.92 bits per heavy atom. The summed E-state index contributed by atoms with van der Waals surface area (Å²) in [5.41, 5.74) is 10.3. The molecule has 25 heavy (non-hydrogen) atoms. The van der Waals surface area contributed by atoms with E-state index in [4.69, 9.17) is 11.0 Å². The number of nitriles is 1. The molecule has 0 radical (unpaired) electrons. The second-order valence-electron chi connectivity index (χ2n) is 5.80. The lowest BCUT2D eigenvalue weighted by atomic mass is 9.97. The number of nitrogen functional groups attached to an aromatic ring is 1. The van der Waals surface area contributed by atoms with Crippen molar-refractivity contribution in [2.45, 2.75) is 0 Å². The van der Waals surface area contributed by atoms with Gasteiger partial charge in [0.25, 0.3) is 0 Å². The Morgan fingerprint density at radius 1 is 1.12 bits per heavy atom. The lowest BCUT2D eigenvalue weighted by Crippen LogP contribution is -1.98. The van der Waals surface area contributed by atoms with Crippen LogP contribution in [0.3, 0.4) is 0 Å². The van der Waals surface area contributed by atoms with Crippen LogP contribution in [0.15, 0.2) is 54.6 Å². The summed E-state index contributed by atoms with van der Waals surface area (Å²) in [6, 6.07) is 18.2. The average Bonchev–Trinajstić information content (AvgIpc) is 3.00. The summed E-state index contributed by atoms with van der Waals surface area (Å²) in [6.45, 7) is 0. The maximum absolute atomic E-state index is 11.7. The van der Waals surface area contributed by atoms with Crippen LogP contribution in [0.4, 0.5) is 5.69 Å². The fraction of sp³-hybridized carbons (Fsp3) is 0. The molecule has 0 saturated heterocycles. The summed E-state index contributed by atoms with van der Waals surface area (Å²) in [4.78, 5) is 15.0. The molecule has 4 aromatic rings. The van der Waals surface area contributed by atoms with E-state index < -0.39 is 5.97 Å². The van der Waals surface area contributed by atoms with Crippen LogP contribution >= 0.6 is 0 Å². The quantitative estimate of drug-likeness (QED) is 0.481. The van der Waals surface area contributed by atoms with Crippen molar-refractivity contribution in [3.63, 3.8) is 0 Å². The van der Waals surface area contributed by atoms with Crippen molar-refractivity contribution < 1.29 is 9.90 Å². The minimum atomic E-state index is -0.972. The van der Waals surface area contributed by atoms with Crippen molar-refractivity contribution in [1.82, 2.24) is 4.98 Å². The van der Waals surface area contributed by atoms with Crippen molar-refractivity contribution >= 4 is 33.5 Å². The van der Waals surface area contributed by atoms with Gasteiger partial charge in [-0.05, 0) is 29.8 Å². The number of nitrogens with two attached hydrogens (primary N) is 1. The van der Waals surface area contributed by atoms with Gasteiger partial charge in [0.2, 0.25) is 0 Å². The third kappa shape index (κ3) is 2.20. The zero-order valence-electron chi connectivity index (χ0n) is 13.1. The SMILES string of the molecule is N#Cc1ccc(-c2ccc(C(=O)O)c3c2[nH]c2ccccc23)cc1N. The number of aromatic nitrogens is 1. The van der Waals surface area contributed by atoms with Gasteiger partial charge in [0.05, 0.1) is 22.3 Å². The van der Waals surface area contributed by atoms with Crippen LogP contribution in [-0.4, -0.2) is 16.1 Å². The molecule has 5 heteroatoms. The van der Waals surface area contributed by atoms with Crippen molar-refractivity contribution in [1.29, 1.82) is 5.26 Å². The molecule has 0 amide bonds. The summed E-state index contributed by atoms with van der Waals surface area (Å²) < 4.78 is 0. The molecule has 1 heterocycles. The monoisotopic (exact) mass is 327 g/mol. The highest BCUT2D eigenvalue weighted by Gasteiger charge is 2.17. The predicted octanol–water partition coefficient (Wildman–Crippen LogP) is 4.14. The Hall–Kier alpha value is -3.78. The summed E-state index contributed by atoms with van der Waals surface area (Å²) in [7, 11) is 0. The molecule has 0 spiro atoms. The van der Waals surface area contributed by atoms with Gasteiger partial charge in [0.15, 0.2) is 0 Å². The normalized spacial score (nSPS) is 10.8. The number of nitrogens with zero attached hydrogens (tertiary/aromatic N) is 1. The number of carbonyl (C=O) groups is 1. The van der Waals surface area contributed by atoms with Crippen molar-refractivity contribution in [3.8, 4) is 17.2 Å². The first kappa shape index (κ1) is 14.8. The van der Waals surface area contributed by atoms with Crippen LogP contribution in [0.1, 0.15) is 15.9 Å². The number of anilines is 1. The number of fused-ring (bicyclic) bond motifs is 3. The van der Waals surface area contributed by atoms with Crippen LogP contribution < -0.4 is 5.73 Å². The Labute approximate surface area is 142 Å². The van der Waals surface area contributed by atoms with Gasteiger partial charge >= 0.3 is 5.97 Å². The number of H-pyrrole nitrogens is 1. The number of nitrogens with one attached hydrogen (secondary N) is 1. The largest absolute Gasteiger partial charge is 0.478 e. The van der Waals surface area contributed by atoms with Crippen LogP contribution in [0.2, 0.25) is 0 Å². The molecule has 5 nitrogen and oxygen atoms in total. The lowest BCUT2D eigenvalue weighted by Gasteiger charge is -2.08. The van der Waals surface area contributed by atoms with Crippen molar-refractivity contribution in [2.24, 2.45) is 0 Å². The number of hydrogen-bond donors (Lipinski definition) is 3.